The molecular weight excluding hydrogens is 462 g/mol. The van der Waals surface area contributed by atoms with E-state index in [1.165, 1.54) is 5.56 Å². The first-order valence-corrected chi connectivity index (χ1v) is 12.9. The number of nitrogens with zero attached hydrogens (tertiary/aromatic N) is 3. The molecule has 2 aromatic heterocycles. The van der Waals surface area contributed by atoms with Gasteiger partial charge in [-0.05, 0) is 55.7 Å². The van der Waals surface area contributed by atoms with Gasteiger partial charge in [-0.1, -0.05) is 30.3 Å². The van der Waals surface area contributed by atoms with Crippen molar-refractivity contribution in [1.29, 1.82) is 0 Å². The van der Waals surface area contributed by atoms with Gasteiger partial charge < -0.3 is 14.1 Å². The van der Waals surface area contributed by atoms with Crippen molar-refractivity contribution in [1.82, 2.24) is 14.8 Å². The molecule has 0 atom stereocenters. The molecule has 1 amide bonds. The summed E-state index contributed by atoms with van der Waals surface area (Å²) in [5.41, 5.74) is 6.95. The number of amides is 1. The third kappa shape index (κ3) is 5.30. The summed E-state index contributed by atoms with van der Waals surface area (Å²) in [4.78, 5) is 21.7. The van der Waals surface area contributed by atoms with Crippen LogP contribution in [0.2, 0.25) is 0 Å². The van der Waals surface area contributed by atoms with Gasteiger partial charge in [0.15, 0.2) is 0 Å². The van der Waals surface area contributed by atoms with Gasteiger partial charge >= 0.3 is 0 Å². The highest BCUT2D eigenvalue weighted by Gasteiger charge is 2.22. The minimum atomic E-state index is 0.0386. The minimum Gasteiger partial charge on any atom is -0.493 e. The van der Waals surface area contributed by atoms with Crippen LogP contribution < -0.4 is 4.74 Å². The molecule has 6 heteroatoms. The molecule has 37 heavy (non-hydrogen) atoms. The normalized spacial score (nSPS) is 14.8. The zero-order valence-corrected chi connectivity index (χ0v) is 21.7. The number of fused-ring (bicyclic) bond motifs is 1. The smallest absolute Gasteiger partial charge is 0.246 e. The monoisotopic (exact) mass is 495 g/mol. The number of piperazine rings is 1. The van der Waals surface area contributed by atoms with Crippen LogP contribution in [0.25, 0.3) is 27.7 Å². The molecule has 0 saturated carbocycles. The molecule has 0 aliphatic carbocycles. The van der Waals surface area contributed by atoms with Crippen LogP contribution in [0.4, 0.5) is 0 Å². The summed E-state index contributed by atoms with van der Waals surface area (Å²) in [6.45, 7) is 10.5. The predicted molar refractivity (Wildman–Crippen MR) is 147 cm³/mol. The Morgan fingerprint density at radius 1 is 1.08 bits per heavy atom. The van der Waals surface area contributed by atoms with Crippen LogP contribution in [0.5, 0.6) is 5.75 Å². The number of allylic oxidation sites excluding steroid dienone is 1. The molecule has 0 radical (unpaired) electrons. The van der Waals surface area contributed by atoms with Crippen molar-refractivity contribution in [2.45, 2.75) is 27.3 Å². The third-order valence-corrected chi connectivity index (χ3v) is 7.02. The van der Waals surface area contributed by atoms with Crippen LogP contribution in [0, 0.1) is 6.92 Å². The minimum absolute atomic E-state index is 0.0386. The van der Waals surface area contributed by atoms with Crippen LogP contribution in [-0.4, -0.2) is 53.5 Å². The molecule has 1 aliphatic rings. The molecule has 4 aromatic rings. The zero-order chi connectivity index (χ0) is 25.8. The summed E-state index contributed by atoms with van der Waals surface area (Å²) in [6, 6.07) is 16.4. The summed E-state index contributed by atoms with van der Waals surface area (Å²) in [7, 11) is 0. The fraction of sp³-hybridized carbons (Fsp3) is 0.290. The Morgan fingerprint density at radius 3 is 2.51 bits per heavy atom. The van der Waals surface area contributed by atoms with Crippen molar-refractivity contribution in [2.75, 3.05) is 32.8 Å². The van der Waals surface area contributed by atoms with Gasteiger partial charge in [-0.3, -0.25) is 14.7 Å². The van der Waals surface area contributed by atoms with E-state index in [0.717, 1.165) is 64.2 Å². The number of furan rings is 1. The van der Waals surface area contributed by atoms with E-state index in [9.17, 15) is 4.79 Å². The van der Waals surface area contributed by atoms with E-state index in [1.807, 2.05) is 74.7 Å². The first-order chi connectivity index (χ1) is 18.0. The maximum atomic E-state index is 13.3. The van der Waals surface area contributed by atoms with E-state index in [2.05, 4.69) is 28.1 Å². The Morgan fingerprint density at radius 2 is 1.81 bits per heavy atom. The summed E-state index contributed by atoms with van der Waals surface area (Å²) in [5.74, 6) is 0.810. The molecule has 1 fully saturated rings. The lowest BCUT2D eigenvalue weighted by molar-refractivity contribution is -0.127. The van der Waals surface area contributed by atoms with Gasteiger partial charge in [0, 0.05) is 73.3 Å². The quantitative estimate of drug-likeness (QED) is 0.297. The molecule has 2 aromatic carbocycles. The van der Waals surface area contributed by atoms with Gasteiger partial charge in [0.05, 0.1) is 12.9 Å². The number of hydrogen-bond acceptors (Lipinski definition) is 5. The van der Waals surface area contributed by atoms with Crippen LogP contribution in [-0.2, 0) is 11.3 Å². The number of benzene rings is 2. The fourth-order valence-electron chi connectivity index (χ4n) is 5.01. The lowest BCUT2D eigenvalue weighted by Gasteiger charge is -2.34. The molecule has 0 N–H and O–H groups in total. The standard InChI is InChI=1S/C31H33N3O3/c1-4-36-30-23(3)31-27(28(21-37-31)25-8-6-5-7-9-25)19-26(30)22(2)18-29(35)34-16-14-33(15-17-34)20-24-10-12-32-13-11-24/h5-13,18-19,21H,4,14-17,20H2,1-3H3/b22-18+. The third-order valence-electron chi connectivity index (χ3n) is 7.02. The van der Waals surface area contributed by atoms with E-state index < -0.39 is 0 Å². The van der Waals surface area contributed by atoms with E-state index in [0.29, 0.717) is 19.7 Å². The Balaban J connectivity index is 1.39. The van der Waals surface area contributed by atoms with Crippen LogP contribution in [0.1, 0.15) is 30.5 Å². The van der Waals surface area contributed by atoms with Crippen LogP contribution >= 0.6 is 0 Å². The largest absolute Gasteiger partial charge is 0.493 e. The Bertz CT molecular complexity index is 1400. The number of carbonyl (C=O) groups is 1. The summed E-state index contributed by atoms with van der Waals surface area (Å²) in [6.07, 6.45) is 7.21. The first-order valence-electron chi connectivity index (χ1n) is 12.9. The molecule has 190 valence electrons. The molecule has 1 aliphatic heterocycles. The highest BCUT2D eigenvalue weighted by Crippen LogP contribution is 2.40. The maximum absolute atomic E-state index is 13.3. The highest BCUT2D eigenvalue weighted by atomic mass is 16.5. The van der Waals surface area contributed by atoms with Gasteiger partial charge in [-0.15, -0.1) is 0 Å². The molecule has 3 heterocycles. The summed E-state index contributed by atoms with van der Waals surface area (Å²) < 4.78 is 12.1. The molecule has 1 saturated heterocycles. The van der Waals surface area contributed by atoms with Gasteiger partial charge in [0.1, 0.15) is 11.3 Å². The molecule has 6 nitrogen and oxygen atoms in total. The first kappa shape index (κ1) is 24.8. The van der Waals surface area contributed by atoms with E-state index in [-0.39, 0.29) is 5.91 Å². The summed E-state index contributed by atoms with van der Waals surface area (Å²) in [5, 5.41) is 1.02. The number of ether oxygens (including phenoxy) is 1. The Labute approximate surface area is 218 Å². The second-order valence-electron chi connectivity index (χ2n) is 9.49. The number of hydrogen-bond donors (Lipinski definition) is 0. The zero-order valence-electron chi connectivity index (χ0n) is 21.7. The van der Waals surface area contributed by atoms with Gasteiger partial charge in [0.2, 0.25) is 5.91 Å². The van der Waals surface area contributed by atoms with E-state index >= 15 is 0 Å². The van der Waals surface area contributed by atoms with Gasteiger partial charge in [-0.2, -0.15) is 0 Å². The van der Waals surface area contributed by atoms with Crippen LogP contribution in [0.15, 0.2) is 77.7 Å². The second kappa shape index (κ2) is 11.0. The van der Waals surface area contributed by atoms with E-state index in [4.69, 9.17) is 9.15 Å². The molecule has 0 spiro atoms. The number of aromatic nitrogens is 1. The number of rotatable bonds is 7. The van der Waals surface area contributed by atoms with Gasteiger partial charge in [-0.25, -0.2) is 0 Å². The van der Waals surface area contributed by atoms with E-state index in [1.54, 1.807) is 6.08 Å². The number of aryl methyl sites for hydroxylation is 1. The Kier molecular flexibility index (Phi) is 7.37. The molecular formula is C31H33N3O3. The van der Waals surface area contributed by atoms with Crippen molar-refractivity contribution in [3.05, 3.63) is 90.0 Å². The molecule has 0 unspecified atom stereocenters. The van der Waals surface area contributed by atoms with Crippen LogP contribution in [0.3, 0.4) is 0 Å². The lowest BCUT2D eigenvalue weighted by atomic mass is 9.96. The van der Waals surface area contributed by atoms with Gasteiger partial charge in [0.25, 0.3) is 0 Å². The maximum Gasteiger partial charge on any atom is 0.246 e. The van der Waals surface area contributed by atoms with Crippen molar-refractivity contribution in [3.8, 4) is 16.9 Å². The lowest BCUT2D eigenvalue weighted by Crippen LogP contribution is -2.47. The average Bonchev–Trinajstić information content (AvgIpc) is 3.36. The van der Waals surface area contributed by atoms with Crippen molar-refractivity contribution < 1.29 is 13.9 Å². The summed E-state index contributed by atoms with van der Waals surface area (Å²) >= 11 is 0. The van der Waals surface area contributed by atoms with Crippen molar-refractivity contribution >= 4 is 22.4 Å². The highest BCUT2D eigenvalue weighted by molar-refractivity contribution is 6.01. The van der Waals surface area contributed by atoms with Crippen molar-refractivity contribution in [3.63, 3.8) is 0 Å². The second-order valence-corrected chi connectivity index (χ2v) is 9.49. The molecule has 5 rings (SSSR count). The van der Waals surface area contributed by atoms with Crippen molar-refractivity contribution in [2.24, 2.45) is 0 Å². The predicted octanol–water partition coefficient (Wildman–Crippen LogP) is 5.95. The SMILES string of the molecule is CCOc1c(/C(C)=C/C(=O)N2CCN(Cc3ccncc3)CC2)cc2c(-c3ccccc3)coc2c1C. The topological polar surface area (TPSA) is 58.8 Å². The fourth-order valence-corrected chi connectivity index (χ4v) is 5.01. The molecule has 0 bridgehead atoms. The Hall–Kier alpha value is -3.90. The number of carbonyl (C=O) groups excluding carboxylic acids is 1. The average molecular weight is 496 g/mol. The number of pyridine rings is 1.